The maximum absolute atomic E-state index is 11.9. The van der Waals surface area contributed by atoms with Crippen molar-refractivity contribution in [1.82, 2.24) is 15.2 Å². The van der Waals surface area contributed by atoms with E-state index >= 15 is 0 Å². The molecule has 0 fully saturated rings. The summed E-state index contributed by atoms with van der Waals surface area (Å²) in [5.41, 5.74) is 2.08. The van der Waals surface area contributed by atoms with Crippen LogP contribution in [-0.4, -0.2) is 44.8 Å². The van der Waals surface area contributed by atoms with E-state index in [-0.39, 0.29) is 5.56 Å². The van der Waals surface area contributed by atoms with Gasteiger partial charge in [0.2, 0.25) is 0 Å². The van der Waals surface area contributed by atoms with Crippen molar-refractivity contribution in [2.45, 2.75) is 44.6 Å². The monoisotopic (exact) mass is 432 g/mol. The molecule has 0 spiro atoms. The summed E-state index contributed by atoms with van der Waals surface area (Å²) in [6.45, 7) is 6.82. The highest BCUT2D eigenvalue weighted by molar-refractivity contribution is 7.90. The molecule has 0 amide bonds. The SMILES string of the molecule is CCNC(=NCCCCn1c(C)cccc1=O)NCCc1ccc(S(C)(=O)=O)cc1. The number of pyridine rings is 1. The fraction of sp³-hybridized carbons (Fsp3) is 0.455. The second-order valence-corrected chi connectivity index (χ2v) is 9.23. The first-order chi connectivity index (χ1) is 14.3. The van der Waals surface area contributed by atoms with Crippen molar-refractivity contribution in [3.05, 3.63) is 64.1 Å². The summed E-state index contributed by atoms with van der Waals surface area (Å²) in [5, 5.41) is 6.54. The zero-order chi connectivity index (χ0) is 22.0. The number of sulfone groups is 1. The van der Waals surface area contributed by atoms with Gasteiger partial charge in [-0.05, 0) is 56.9 Å². The smallest absolute Gasteiger partial charge is 0.250 e. The first-order valence-corrected chi connectivity index (χ1v) is 12.2. The lowest BCUT2D eigenvalue weighted by molar-refractivity contribution is 0.585. The highest BCUT2D eigenvalue weighted by atomic mass is 32.2. The molecule has 1 heterocycles. The topological polar surface area (TPSA) is 92.6 Å². The number of aromatic nitrogens is 1. The van der Waals surface area contributed by atoms with E-state index in [1.54, 1.807) is 28.8 Å². The molecule has 0 bridgehead atoms. The quantitative estimate of drug-likeness (QED) is 0.341. The lowest BCUT2D eigenvalue weighted by Crippen LogP contribution is -2.38. The Morgan fingerprint density at radius 1 is 1.07 bits per heavy atom. The van der Waals surface area contributed by atoms with Gasteiger partial charge in [-0.3, -0.25) is 9.79 Å². The number of rotatable bonds is 10. The van der Waals surface area contributed by atoms with Crippen LogP contribution in [0.2, 0.25) is 0 Å². The van der Waals surface area contributed by atoms with Gasteiger partial charge in [0.05, 0.1) is 4.90 Å². The van der Waals surface area contributed by atoms with Crippen LogP contribution in [0.1, 0.15) is 31.0 Å². The van der Waals surface area contributed by atoms with Gasteiger partial charge >= 0.3 is 0 Å². The fourth-order valence-electron chi connectivity index (χ4n) is 3.05. The van der Waals surface area contributed by atoms with Gasteiger partial charge in [-0.2, -0.15) is 0 Å². The Kier molecular flexibility index (Phi) is 9.11. The lowest BCUT2D eigenvalue weighted by atomic mass is 10.1. The van der Waals surface area contributed by atoms with Gasteiger partial charge in [0, 0.05) is 44.2 Å². The van der Waals surface area contributed by atoms with E-state index in [2.05, 4.69) is 15.6 Å². The maximum atomic E-state index is 11.9. The molecule has 0 aliphatic carbocycles. The largest absolute Gasteiger partial charge is 0.357 e. The zero-order valence-corrected chi connectivity index (χ0v) is 18.8. The molecular formula is C22H32N4O3S. The summed E-state index contributed by atoms with van der Waals surface area (Å²) in [6.07, 6.45) is 3.76. The first-order valence-electron chi connectivity index (χ1n) is 10.3. The van der Waals surface area contributed by atoms with E-state index in [1.807, 2.05) is 32.0 Å². The number of nitrogens with zero attached hydrogens (tertiary/aromatic N) is 2. The molecule has 2 N–H and O–H groups in total. The first kappa shape index (κ1) is 23.7. The van der Waals surface area contributed by atoms with Crippen molar-refractivity contribution < 1.29 is 8.42 Å². The number of aliphatic imine (C=N–C) groups is 1. The summed E-state index contributed by atoms with van der Waals surface area (Å²) in [6, 6.07) is 12.3. The van der Waals surface area contributed by atoms with Crippen LogP contribution in [0.5, 0.6) is 0 Å². The molecule has 0 unspecified atom stereocenters. The van der Waals surface area contributed by atoms with E-state index in [9.17, 15) is 13.2 Å². The van der Waals surface area contributed by atoms with Gasteiger partial charge in [-0.1, -0.05) is 18.2 Å². The zero-order valence-electron chi connectivity index (χ0n) is 18.0. The van der Waals surface area contributed by atoms with Crippen LogP contribution in [0.15, 0.2) is 57.1 Å². The molecule has 2 aromatic rings. The predicted molar refractivity (Wildman–Crippen MR) is 122 cm³/mol. The van der Waals surface area contributed by atoms with Gasteiger partial charge < -0.3 is 15.2 Å². The Labute approximate surface area is 179 Å². The Hall–Kier alpha value is -2.61. The Balaban J connectivity index is 1.78. The van der Waals surface area contributed by atoms with Gasteiger partial charge in [0.15, 0.2) is 15.8 Å². The molecular weight excluding hydrogens is 400 g/mol. The van der Waals surface area contributed by atoms with Crippen molar-refractivity contribution in [3.63, 3.8) is 0 Å². The average molecular weight is 433 g/mol. The second kappa shape index (κ2) is 11.5. The van der Waals surface area contributed by atoms with Crippen molar-refractivity contribution in [2.75, 3.05) is 25.9 Å². The van der Waals surface area contributed by atoms with Gasteiger partial charge in [0.1, 0.15) is 0 Å². The van der Waals surface area contributed by atoms with Crippen LogP contribution in [0, 0.1) is 6.92 Å². The van der Waals surface area contributed by atoms with Crippen LogP contribution in [0.25, 0.3) is 0 Å². The summed E-state index contributed by atoms with van der Waals surface area (Å²) in [4.78, 5) is 16.8. The van der Waals surface area contributed by atoms with Crippen LogP contribution in [0.4, 0.5) is 0 Å². The number of hydrogen-bond donors (Lipinski definition) is 2. The number of unbranched alkanes of at least 4 members (excludes halogenated alkanes) is 1. The fourth-order valence-corrected chi connectivity index (χ4v) is 3.68. The summed E-state index contributed by atoms with van der Waals surface area (Å²) >= 11 is 0. The third-order valence-corrected chi connectivity index (χ3v) is 5.86. The molecule has 8 heteroatoms. The van der Waals surface area contributed by atoms with E-state index < -0.39 is 9.84 Å². The van der Waals surface area contributed by atoms with Crippen molar-refractivity contribution >= 4 is 15.8 Å². The van der Waals surface area contributed by atoms with E-state index in [0.717, 1.165) is 43.0 Å². The van der Waals surface area contributed by atoms with E-state index in [4.69, 9.17) is 0 Å². The van der Waals surface area contributed by atoms with Gasteiger partial charge in [0.25, 0.3) is 5.56 Å². The minimum atomic E-state index is -3.16. The summed E-state index contributed by atoms with van der Waals surface area (Å²) in [5.74, 6) is 0.762. The number of guanidine groups is 1. The normalized spacial score (nSPS) is 12.0. The minimum Gasteiger partial charge on any atom is -0.357 e. The molecule has 0 radical (unpaired) electrons. The maximum Gasteiger partial charge on any atom is 0.250 e. The van der Waals surface area contributed by atoms with Gasteiger partial charge in [-0.15, -0.1) is 0 Å². The Morgan fingerprint density at radius 2 is 1.80 bits per heavy atom. The van der Waals surface area contributed by atoms with Gasteiger partial charge in [-0.25, -0.2) is 8.42 Å². The van der Waals surface area contributed by atoms with E-state index in [1.165, 1.54) is 6.26 Å². The number of hydrogen-bond acceptors (Lipinski definition) is 4. The molecule has 0 saturated carbocycles. The molecule has 2 rings (SSSR count). The molecule has 0 aliphatic rings. The van der Waals surface area contributed by atoms with Crippen LogP contribution < -0.4 is 16.2 Å². The molecule has 0 atom stereocenters. The van der Waals surface area contributed by atoms with Crippen LogP contribution in [0.3, 0.4) is 0 Å². The van der Waals surface area contributed by atoms with Crippen molar-refractivity contribution in [1.29, 1.82) is 0 Å². The molecule has 1 aromatic carbocycles. The third-order valence-electron chi connectivity index (χ3n) is 4.73. The van der Waals surface area contributed by atoms with E-state index in [0.29, 0.717) is 24.5 Å². The molecule has 1 aromatic heterocycles. The molecule has 7 nitrogen and oxygen atoms in total. The predicted octanol–water partition coefficient (Wildman–Crippen LogP) is 2.14. The van der Waals surface area contributed by atoms with Crippen LogP contribution in [-0.2, 0) is 22.8 Å². The lowest BCUT2D eigenvalue weighted by Gasteiger charge is -2.12. The standard InChI is InChI=1S/C22H32N4O3S/c1-4-23-22(24-15-5-6-17-26-18(2)8-7-9-21(26)27)25-16-14-19-10-12-20(13-11-19)30(3,28)29/h7-13H,4-6,14-17H2,1-3H3,(H2,23,24,25). The minimum absolute atomic E-state index is 0.0399. The number of nitrogens with one attached hydrogen (secondary N) is 2. The molecule has 0 saturated heterocycles. The highest BCUT2D eigenvalue weighted by Crippen LogP contribution is 2.10. The second-order valence-electron chi connectivity index (χ2n) is 7.22. The number of aryl methyl sites for hydroxylation is 1. The average Bonchev–Trinajstić information content (AvgIpc) is 2.69. The van der Waals surface area contributed by atoms with Crippen molar-refractivity contribution in [3.8, 4) is 0 Å². The Bertz CT molecular complexity index is 996. The number of benzene rings is 1. The van der Waals surface area contributed by atoms with Crippen molar-refractivity contribution in [2.24, 2.45) is 4.99 Å². The Morgan fingerprint density at radius 3 is 2.43 bits per heavy atom. The molecule has 164 valence electrons. The molecule has 30 heavy (non-hydrogen) atoms. The molecule has 0 aliphatic heterocycles. The summed E-state index contributed by atoms with van der Waals surface area (Å²) in [7, 11) is -3.16. The van der Waals surface area contributed by atoms with Crippen LogP contribution >= 0.6 is 0 Å². The summed E-state index contributed by atoms with van der Waals surface area (Å²) < 4.78 is 24.8. The highest BCUT2D eigenvalue weighted by Gasteiger charge is 2.06. The third kappa shape index (κ3) is 7.67.